The predicted molar refractivity (Wildman–Crippen MR) is 391 cm³/mol. The van der Waals surface area contributed by atoms with Crippen molar-refractivity contribution in [1.82, 2.24) is 0 Å². The smallest absolute Gasteiger partial charge is 0.462 e. The summed E-state index contributed by atoms with van der Waals surface area (Å²) in [6.07, 6.45) is 51.7. The summed E-state index contributed by atoms with van der Waals surface area (Å²) in [6, 6.07) is 0. The van der Waals surface area contributed by atoms with Gasteiger partial charge in [0.25, 0.3) is 0 Å². The highest BCUT2D eigenvalue weighted by atomic mass is 31.2. The van der Waals surface area contributed by atoms with Crippen molar-refractivity contribution in [3.8, 4) is 0 Å². The Hall–Kier alpha value is -1.94. The van der Waals surface area contributed by atoms with E-state index in [0.717, 1.165) is 114 Å². The molecule has 0 aliphatic rings. The number of aliphatic hydroxyl groups excluding tert-OH is 1. The van der Waals surface area contributed by atoms with E-state index in [0.29, 0.717) is 31.6 Å². The third kappa shape index (κ3) is 67.9. The molecule has 0 heterocycles. The average Bonchev–Trinajstić information content (AvgIpc) is 1.68. The number of phosphoric acid groups is 2. The molecule has 0 rings (SSSR count). The second kappa shape index (κ2) is 66.3. The van der Waals surface area contributed by atoms with Gasteiger partial charge in [-0.25, -0.2) is 9.13 Å². The Labute approximate surface area is 588 Å². The maximum Gasteiger partial charge on any atom is 0.472 e. The van der Waals surface area contributed by atoms with Gasteiger partial charge in [-0.1, -0.05) is 338 Å². The van der Waals surface area contributed by atoms with Gasteiger partial charge in [0.2, 0.25) is 0 Å². The largest absolute Gasteiger partial charge is 0.472 e. The zero-order valence-electron chi connectivity index (χ0n) is 63.0. The number of phosphoric ester groups is 2. The number of esters is 4. The summed E-state index contributed by atoms with van der Waals surface area (Å²) in [7, 11) is -9.91. The fourth-order valence-corrected chi connectivity index (χ4v) is 13.2. The summed E-state index contributed by atoms with van der Waals surface area (Å²) >= 11 is 0. The lowest BCUT2D eigenvalue weighted by Crippen LogP contribution is -2.30. The summed E-state index contributed by atoms with van der Waals surface area (Å²) in [6.45, 7) is 14.2. The molecule has 570 valence electrons. The maximum absolute atomic E-state index is 13.1. The molecule has 96 heavy (non-hydrogen) atoms. The van der Waals surface area contributed by atoms with E-state index in [1.54, 1.807) is 0 Å². The molecule has 0 aliphatic carbocycles. The van der Waals surface area contributed by atoms with Gasteiger partial charge in [0, 0.05) is 25.7 Å². The molecular weight excluding hydrogens is 1260 g/mol. The van der Waals surface area contributed by atoms with Crippen molar-refractivity contribution in [2.24, 2.45) is 23.7 Å². The van der Waals surface area contributed by atoms with E-state index < -0.39 is 97.5 Å². The van der Waals surface area contributed by atoms with Gasteiger partial charge in [-0.2, -0.15) is 0 Å². The molecule has 0 aliphatic heterocycles. The maximum atomic E-state index is 13.1. The Morgan fingerprint density at radius 3 is 0.740 bits per heavy atom. The van der Waals surface area contributed by atoms with Gasteiger partial charge in [-0.15, -0.1) is 0 Å². The minimum absolute atomic E-state index is 0.103. The fourth-order valence-electron chi connectivity index (χ4n) is 11.7. The van der Waals surface area contributed by atoms with E-state index in [2.05, 4.69) is 55.4 Å². The highest BCUT2D eigenvalue weighted by Gasteiger charge is 2.30. The molecule has 17 nitrogen and oxygen atoms in total. The first-order valence-corrected chi connectivity index (χ1v) is 42.8. The molecule has 0 aromatic rings. The van der Waals surface area contributed by atoms with Gasteiger partial charge in [0.1, 0.15) is 19.3 Å². The minimum atomic E-state index is -4.96. The summed E-state index contributed by atoms with van der Waals surface area (Å²) in [5, 5.41) is 10.6. The Kier molecular flexibility index (Phi) is 65.0. The predicted octanol–water partition coefficient (Wildman–Crippen LogP) is 22.4. The summed E-state index contributed by atoms with van der Waals surface area (Å²) < 4.78 is 68.5. The van der Waals surface area contributed by atoms with Gasteiger partial charge in [-0.05, 0) is 49.4 Å². The molecular formula is C77H150O17P2. The number of carbonyl (C=O) groups is 4. The van der Waals surface area contributed by atoms with Crippen LogP contribution >= 0.6 is 15.6 Å². The van der Waals surface area contributed by atoms with Crippen LogP contribution in [0, 0.1) is 23.7 Å². The van der Waals surface area contributed by atoms with Crippen LogP contribution in [0.5, 0.6) is 0 Å². The number of unbranched alkanes of at least 4 members (excludes halogenated alkanes) is 38. The monoisotopic (exact) mass is 1410 g/mol. The number of ether oxygens (including phenoxy) is 4. The second-order valence-electron chi connectivity index (χ2n) is 29.2. The molecule has 0 aromatic heterocycles. The first-order chi connectivity index (χ1) is 46.2. The molecule has 0 fully saturated rings. The van der Waals surface area contributed by atoms with Crippen LogP contribution < -0.4 is 0 Å². The third-order valence-corrected chi connectivity index (χ3v) is 20.4. The van der Waals surface area contributed by atoms with Gasteiger partial charge in [-0.3, -0.25) is 37.3 Å². The van der Waals surface area contributed by atoms with Crippen molar-refractivity contribution in [2.45, 2.75) is 408 Å². The molecule has 19 heteroatoms. The lowest BCUT2D eigenvalue weighted by molar-refractivity contribution is -0.161. The van der Waals surface area contributed by atoms with E-state index in [4.69, 9.17) is 37.0 Å². The van der Waals surface area contributed by atoms with Crippen LogP contribution in [0.3, 0.4) is 0 Å². The number of aliphatic hydroxyl groups is 1. The first kappa shape index (κ1) is 94.1. The topological polar surface area (TPSA) is 237 Å². The Balaban J connectivity index is 5.14. The zero-order chi connectivity index (χ0) is 71.0. The lowest BCUT2D eigenvalue weighted by atomic mass is 9.99. The quantitative estimate of drug-likeness (QED) is 0.0222. The highest BCUT2D eigenvalue weighted by Crippen LogP contribution is 2.45. The number of carbonyl (C=O) groups excluding carboxylic acids is 4. The zero-order valence-corrected chi connectivity index (χ0v) is 64.8. The summed E-state index contributed by atoms with van der Waals surface area (Å²) in [5.74, 6) is 0.927. The Morgan fingerprint density at radius 1 is 0.292 bits per heavy atom. The summed E-state index contributed by atoms with van der Waals surface area (Å²) in [4.78, 5) is 72.7. The molecule has 0 saturated heterocycles. The molecule has 3 N–H and O–H groups in total. The Bertz CT molecular complexity index is 1890. The van der Waals surface area contributed by atoms with Crippen LogP contribution in [-0.4, -0.2) is 96.7 Å². The van der Waals surface area contributed by atoms with Gasteiger partial charge < -0.3 is 33.8 Å². The van der Waals surface area contributed by atoms with Crippen LogP contribution in [0.4, 0.5) is 0 Å². The van der Waals surface area contributed by atoms with E-state index in [1.165, 1.54) is 186 Å². The SMILES string of the molecule is CCC(C)CCCCCCCCCCCCCCCCCCCCC(=O)O[C@H](COC(=O)CCCCCCCCC(C)C)COP(=O)(O)OC[C@H](O)COP(=O)(O)OC[C@@H](COC(=O)CCCCCCCCCCCCCCC(C)C)OC(=O)CCCCCCCCC(C)CC. The summed E-state index contributed by atoms with van der Waals surface area (Å²) in [5.41, 5.74) is 0. The Morgan fingerprint density at radius 2 is 0.500 bits per heavy atom. The average molecular weight is 1410 g/mol. The molecule has 0 bridgehead atoms. The van der Waals surface area contributed by atoms with Crippen molar-refractivity contribution < 1.29 is 80.2 Å². The van der Waals surface area contributed by atoms with Crippen LogP contribution in [-0.2, 0) is 65.4 Å². The van der Waals surface area contributed by atoms with Crippen LogP contribution in [0.1, 0.15) is 389 Å². The van der Waals surface area contributed by atoms with Crippen molar-refractivity contribution in [2.75, 3.05) is 39.6 Å². The van der Waals surface area contributed by atoms with E-state index >= 15 is 0 Å². The molecule has 0 aromatic carbocycles. The lowest BCUT2D eigenvalue weighted by Gasteiger charge is -2.21. The number of rotatable bonds is 74. The molecule has 0 spiro atoms. The molecule has 0 amide bonds. The standard InChI is InChI=1S/C77H150O17P2/c1-9-69(7)55-47-39-30-26-22-17-15-13-11-12-14-16-18-24-28-32-43-51-59-76(81)93-72(64-88-75(80)58-50-42-35-33-38-46-54-68(5)6)65-91-95(83,84)89-61-71(78)62-90-96(85,86)92-66-73(94-77(82)60-52-44-36-34-40-48-56-70(8)10-2)63-87-74(79)57-49-41-31-27-23-20-19-21-25-29-37-45-53-67(3)4/h67-73,78H,9-66H2,1-8H3,(H,83,84)(H,85,86)/t69?,70?,71-,72+,73+/m0/s1. The third-order valence-electron chi connectivity index (χ3n) is 18.5. The van der Waals surface area contributed by atoms with Crippen LogP contribution in [0.15, 0.2) is 0 Å². The molecule has 0 saturated carbocycles. The normalized spacial score (nSPS) is 14.7. The van der Waals surface area contributed by atoms with E-state index in [9.17, 15) is 43.2 Å². The van der Waals surface area contributed by atoms with Crippen LogP contribution in [0.2, 0.25) is 0 Å². The van der Waals surface area contributed by atoms with Crippen molar-refractivity contribution >= 4 is 39.5 Å². The van der Waals surface area contributed by atoms with Crippen molar-refractivity contribution in [1.29, 1.82) is 0 Å². The van der Waals surface area contributed by atoms with Crippen molar-refractivity contribution in [3.63, 3.8) is 0 Å². The van der Waals surface area contributed by atoms with E-state index in [1.807, 2.05) is 0 Å². The first-order valence-electron chi connectivity index (χ1n) is 39.8. The minimum Gasteiger partial charge on any atom is -0.462 e. The molecule has 7 atom stereocenters. The number of hydrogen-bond donors (Lipinski definition) is 3. The second-order valence-corrected chi connectivity index (χ2v) is 32.1. The van der Waals surface area contributed by atoms with Crippen LogP contribution in [0.25, 0.3) is 0 Å². The van der Waals surface area contributed by atoms with Gasteiger partial charge in [0.05, 0.1) is 26.4 Å². The van der Waals surface area contributed by atoms with Gasteiger partial charge in [0.15, 0.2) is 12.2 Å². The fraction of sp³-hybridized carbons (Fsp3) is 0.948. The number of hydrogen-bond acceptors (Lipinski definition) is 15. The van der Waals surface area contributed by atoms with Gasteiger partial charge >= 0.3 is 39.5 Å². The highest BCUT2D eigenvalue weighted by molar-refractivity contribution is 7.47. The molecule has 0 radical (unpaired) electrons. The van der Waals surface area contributed by atoms with Crippen molar-refractivity contribution in [3.05, 3.63) is 0 Å². The molecule has 4 unspecified atom stereocenters. The van der Waals surface area contributed by atoms with E-state index in [-0.39, 0.29) is 25.7 Å².